The van der Waals surface area contributed by atoms with Crippen LogP contribution in [0.5, 0.6) is 0 Å². The van der Waals surface area contributed by atoms with Crippen LogP contribution >= 0.6 is 11.6 Å². The topological polar surface area (TPSA) is 15.6 Å². The Kier molecular flexibility index (Phi) is 5.00. The van der Waals surface area contributed by atoms with Crippen molar-refractivity contribution in [3.05, 3.63) is 34.3 Å². The van der Waals surface area contributed by atoms with Crippen molar-refractivity contribution in [1.82, 2.24) is 4.90 Å². The Morgan fingerprint density at radius 2 is 2.16 bits per heavy atom. The maximum atomic E-state index is 6.39. The van der Waals surface area contributed by atoms with Crippen LogP contribution in [0.25, 0.3) is 0 Å². The lowest BCUT2D eigenvalue weighted by Gasteiger charge is -2.18. The van der Waals surface area contributed by atoms with E-state index in [1.807, 2.05) is 0 Å². The van der Waals surface area contributed by atoms with Crippen LogP contribution in [0, 0.1) is 5.92 Å². The van der Waals surface area contributed by atoms with E-state index in [0.717, 1.165) is 36.9 Å². The molecule has 2 rings (SSSR count). The van der Waals surface area contributed by atoms with Crippen LogP contribution in [0.1, 0.15) is 30.9 Å². The van der Waals surface area contributed by atoms with Gasteiger partial charge in [-0.2, -0.15) is 0 Å². The Morgan fingerprint density at radius 1 is 1.37 bits per heavy atom. The summed E-state index contributed by atoms with van der Waals surface area (Å²) in [5.41, 5.74) is 3.65. The third-order valence-electron chi connectivity index (χ3n) is 3.68. The smallest absolute Gasteiger partial charge is 0.0445 e. The lowest BCUT2D eigenvalue weighted by molar-refractivity contribution is 0.413. The van der Waals surface area contributed by atoms with E-state index >= 15 is 0 Å². The second-order valence-electron chi connectivity index (χ2n) is 5.79. The zero-order valence-corrected chi connectivity index (χ0v) is 12.9. The van der Waals surface area contributed by atoms with Crippen molar-refractivity contribution in [1.29, 1.82) is 0 Å². The molecule has 3 heteroatoms. The minimum Gasteiger partial charge on any atom is -0.309 e. The zero-order chi connectivity index (χ0) is 13.8. The van der Waals surface area contributed by atoms with Crippen LogP contribution in [-0.2, 0) is 6.42 Å². The first kappa shape index (κ1) is 14.5. The number of hydrogen-bond acceptors (Lipinski definition) is 2. The van der Waals surface area contributed by atoms with Gasteiger partial charge in [0.15, 0.2) is 0 Å². The summed E-state index contributed by atoms with van der Waals surface area (Å²) in [5, 5.41) is 0.876. The molecule has 1 unspecified atom stereocenters. The molecule has 0 spiro atoms. The van der Waals surface area contributed by atoms with Gasteiger partial charge in [0.25, 0.3) is 0 Å². The van der Waals surface area contributed by atoms with E-state index in [1.54, 1.807) is 0 Å². The molecule has 0 bridgehead atoms. The highest BCUT2D eigenvalue weighted by atomic mass is 35.5. The van der Waals surface area contributed by atoms with Gasteiger partial charge in [0, 0.05) is 23.8 Å². The largest absolute Gasteiger partial charge is 0.309 e. The van der Waals surface area contributed by atoms with Crippen molar-refractivity contribution >= 4 is 17.3 Å². The van der Waals surface area contributed by atoms with Crippen molar-refractivity contribution in [2.75, 3.05) is 27.2 Å². The molecule has 0 fully saturated rings. The van der Waals surface area contributed by atoms with Crippen molar-refractivity contribution in [2.24, 2.45) is 10.9 Å². The summed E-state index contributed by atoms with van der Waals surface area (Å²) in [6, 6.07) is 6.41. The van der Waals surface area contributed by atoms with Gasteiger partial charge in [-0.05, 0) is 56.5 Å². The Morgan fingerprint density at radius 3 is 2.74 bits per heavy atom. The molecule has 1 aromatic rings. The number of rotatable bonds is 4. The summed E-state index contributed by atoms with van der Waals surface area (Å²) in [6.45, 7) is 4.24. The number of hydrogen-bond donors (Lipinski definition) is 0. The van der Waals surface area contributed by atoms with E-state index < -0.39 is 0 Å². The second kappa shape index (κ2) is 6.53. The Bertz CT molecular complexity index is 466. The van der Waals surface area contributed by atoms with Crippen molar-refractivity contribution < 1.29 is 0 Å². The monoisotopic (exact) mass is 278 g/mol. The average Bonchev–Trinajstić information content (AvgIpc) is 2.38. The fraction of sp³-hybridized carbons (Fsp3) is 0.562. The van der Waals surface area contributed by atoms with Gasteiger partial charge in [-0.15, -0.1) is 0 Å². The summed E-state index contributed by atoms with van der Waals surface area (Å²) in [6.07, 6.45) is 3.31. The molecule has 0 saturated carbocycles. The molecule has 104 valence electrons. The highest BCUT2D eigenvalue weighted by molar-refractivity contribution is 6.31. The van der Waals surface area contributed by atoms with E-state index in [4.69, 9.17) is 11.6 Å². The van der Waals surface area contributed by atoms with Gasteiger partial charge in [-0.3, -0.25) is 4.99 Å². The van der Waals surface area contributed by atoms with Crippen molar-refractivity contribution in [2.45, 2.75) is 26.2 Å². The van der Waals surface area contributed by atoms with Gasteiger partial charge in [0.05, 0.1) is 0 Å². The quantitative estimate of drug-likeness (QED) is 0.821. The minimum atomic E-state index is 0.721. The molecule has 0 radical (unpaired) electrons. The molecular weight excluding hydrogens is 256 g/mol. The molecule has 19 heavy (non-hydrogen) atoms. The summed E-state index contributed by atoms with van der Waals surface area (Å²) >= 11 is 6.39. The molecule has 1 heterocycles. The number of nitrogens with zero attached hydrogens (tertiary/aromatic N) is 2. The van der Waals surface area contributed by atoms with Crippen LogP contribution in [0.2, 0.25) is 5.02 Å². The van der Waals surface area contributed by atoms with Crippen LogP contribution in [0.4, 0.5) is 0 Å². The Labute approximate surface area is 121 Å². The van der Waals surface area contributed by atoms with E-state index in [9.17, 15) is 0 Å². The SMILES string of the molecule is CC1CCC(c2ccc(CCN(C)C)c(Cl)c2)=NC1. The molecule has 1 aliphatic heterocycles. The van der Waals surface area contributed by atoms with Crippen LogP contribution in [-0.4, -0.2) is 37.8 Å². The molecule has 0 aliphatic carbocycles. The number of aliphatic imine (C=N–C) groups is 1. The van der Waals surface area contributed by atoms with E-state index in [1.165, 1.54) is 23.3 Å². The average molecular weight is 279 g/mol. The van der Waals surface area contributed by atoms with Crippen molar-refractivity contribution in [3.63, 3.8) is 0 Å². The predicted octanol–water partition coefficient (Wildman–Crippen LogP) is 3.66. The third kappa shape index (κ3) is 4.05. The first-order valence-corrected chi connectivity index (χ1v) is 7.41. The molecule has 0 saturated heterocycles. The van der Waals surface area contributed by atoms with Gasteiger partial charge in [-0.1, -0.05) is 30.7 Å². The normalized spacial score (nSPS) is 19.6. The summed E-state index contributed by atoms with van der Waals surface area (Å²) in [5.74, 6) is 0.721. The van der Waals surface area contributed by atoms with E-state index in [2.05, 4.69) is 49.1 Å². The molecule has 1 atom stereocenters. The van der Waals surface area contributed by atoms with Gasteiger partial charge < -0.3 is 4.90 Å². The fourth-order valence-electron chi connectivity index (χ4n) is 2.33. The molecule has 2 nitrogen and oxygen atoms in total. The van der Waals surface area contributed by atoms with Crippen LogP contribution < -0.4 is 0 Å². The molecule has 1 aromatic carbocycles. The number of benzene rings is 1. The lowest BCUT2D eigenvalue weighted by atomic mass is 9.95. The van der Waals surface area contributed by atoms with Crippen LogP contribution in [0.15, 0.2) is 23.2 Å². The lowest BCUT2D eigenvalue weighted by Crippen LogP contribution is -2.16. The summed E-state index contributed by atoms with van der Waals surface area (Å²) in [7, 11) is 4.17. The molecule has 0 amide bonds. The minimum absolute atomic E-state index is 0.721. The molecule has 1 aliphatic rings. The standard InChI is InChI=1S/C16H23ClN2/c1-12-4-7-16(18-11-12)14-6-5-13(15(17)10-14)8-9-19(2)3/h5-6,10,12H,4,7-9,11H2,1-3H3. The van der Waals surface area contributed by atoms with Gasteiger partial charge in [-0.25, -0.2) is 0 Å². The predicted molar refractivity (Wildman–Crippen MR) is 83.5 cm³/mol. The number of likely N-dealkylation sites (N-methyl/N-ethyl adjacent to an activating group) is 1. The number of halogens is 1. The first-order chi connectivity index (χ1) is 9.06. The summed E-state index contributed by atoms with van der Waals surface area (Å²) < 4.78 is 0. The van der Waals surface area contributed by atoms with Gasteiger partial charge in [0.2, 0.25) is 0 Å². The van der Waals surface area contributed by atoms with Crippen molar-refractivity contribution in [3.8, 4) is 0 Å². The summed E-state index contributed by atoms with van der Waals surface area (Å²) in [4.78, 5) is 6.85. The highest BCUT2D eigenvalue weighted by Gasteiger charge is 2.14. The van der Waals surface area contributed by atoms with Crippen LogP contribution in [0.3, 0.4) is 0 Å². The molecule has 0 aromatic heterocycles. The zero-order valence-electron chi connectivity index (χ0n) is 12.1. The maximum Gasteiger partial charge on any atom is 0.0445 e. The molecular formula is C16H23ClN2. The van der Waals surface area contributed by atoms with E-state index in [-0.39, 0.29) is 0 Å². The Balaban J connectivity index is 2.10. The fourth-order valence-corrected chi connectivity index (χ4v) is 2.60. The van der Waals surface area contributed by atoms with Gasteiger partial charge >= 0.3 is 0 Å². The maximum absolute atomic E-state index is 6.39. The molecule has 0 N–H and O–H groups in total. The third-order valence-corrected chi connectivity index (χ3v) is 4.03. The van der Waals surface area contributed by atoms with E-state index in [0.29, 0.717) is 0 Å². The second-order valence-corrected chi connectivity index (χ2v) is 6.20. The highest BCUT2D eigenvalue weighted by Crippen LogP contribution is 2.23. The van der Waals surface area contributed by atoms with Gasteiger partial charge in [0.1, 0.15) is 0 Å². The Hall–Kier alpha value is -0.860. The first-order valence-electron chi connectivity index (χ1n) is 7.03.